The Morgan fingerprint density at radius 1 is 1.25 bits per heavy atom. The van der Waals surface area contributed by atoms with Gasteiger partial charge in [0.15, 0.2) is 0 Å². The molecule has 0 radical (unpaired) electrons. The zero-order chi connectivity index (χ0) is 23.7. The molecule has 5 nitrogen and oxygen atoms in total. The van der Waals surface area contributed by atoms with Gasteiger partial charge in [-0.2, -0.15) is 0 Å². The van der Waals surface area contributed by atoms with Gasteiger partial charge in [0, 0.05) is 41.2 Å². The molecule has 2 aromatic rings. The Balaban J connectivity index is 2.48. The van der Waals surface area contributed by atoms with E-state index in [1.807, 2.05) is 30.6 Å². The largest absolute Gasteiger partial charge is 0.481 e. The zero-order valence-electron chi connectivity index (χ0n) is 18.7. The summed E-state index contributed by atoms with van der Waals surface area (Å²) in [6, 6.07) is 6.28. The van der Waals surface area contributed by atoms with Crippen molar-refractivity contribution in [2.24, 2.45) is 0 Å². The fourth-order valence-electron chi connectivity index (χ4n) is 3.67. The molecule has 0 saturated carbocycles. The molecule has 0 spiro atoms. The van der Waals surface area contributed by atoms with Gasteiger partial charge in [-0.3, -0.25) is 4.79 Å². The van der Waals surface area contributed by atoms with E-state index in [1.54, 1.807) is 24.3 Å². The van der Waals surface area contributed by atoms with E-state index in [9.17, 15) is 19.4 Å². The van der Waals surface area contributed by atoms with Crippen molar-refractivity contribution in [2.75, 3.05) is 0 Å². The summed E-state index contributed by atoms with van der Waals surface area (Å²) >= 11 is 0. The van der Waals surface area contributed by atoms with Gasteiger partial charge in [0.2, 0.25) is 0 Å². The molecule has 1 aromatic carbocycles. The fraction of sp³-hybridized carbons (Fsp3) is 0.346. The second kappa shape index (κ2) is 12.2. The Morgan fingerprint density at radius 2 is 1.94 bits per heavy atom. The molecule has 3 N–H and O–H groups in total. The molecule has 6 heteroatoms. The third kappa shape index (κ3) is 6.77. The van der Waals surface area contributed by atoms with Crippen LogP contribution in [0.1, 0.15) is 45.2 Å². The third-order valence-electron chi connectivity index (χ3n) is 5.28. The van der Waals surface area contributed by atoms with Crippen LogP contribution in [0.3, 0.4) is 0 Å². The molecule has 0 aliphatic heterocycles. The van der Waals surface area contributed by atoms with E-state index in [1.165, 1.54) is 12.1 Å². The van der Waals surface area contributed by atoms with Crippen LogP contribution < -0.4 is 10.6 Å². The lowest BCUT2D eigenvalue weighted by atomic mass is 10.0. The first-order valence-corrected chi connectivity index (χ1v) is 10.8. The number of hydrogen-bond acceptors (Lipinski definition) is 3. The number of allylic oxidation sites excluding steroid dienone is 2. The van der Waals surface area contributed by atoms with Crippen molar-refractivity contribution in [2.45, 2.75) is 58.3 Å². The summed E-state index contributed by atoms with van der Waals surface area (Å²) in [4.78, 5) is 10.7. The molecule has 1 heterocycles. The molecule has 2 rings (SSSR count). The summed E-state index contributed by atoms with van der Waals surface area (Å²) in [6.45, 7) is 8.86. The van der Waals surface area contributed by atoms with Crippen LogP contribution in [0, 0.1) is 5.82 Å². The molecule has 1 aromatic heterocycles. The molecule has 0 amide bonds. The number of carboxylic acid groups (broad SMARTS) is 1. The highest BCUT2D eigenvalue weighted by Gasteiger charge is 2.15. The van der Waals surface area contributed by atoms with E-state index in [4.69, 9.17) is 5.11 Å². The lowest BCUT2D eigenvalue weighted by Crippen LogP contribution is -2.28. The van der Waals surface area contributed by atoms with Crippen LogP contribution in [0.5, 0.6) is 0 Å². The number of aliphatic carboxylic acids is 1. The van der Waals surface area contributed by atoms with Gasteiger partial charge >= 0.3 is 5.97 Å². The van der Waals surface area contributed by atoms with Gasteiger partial charge in [0.25, 0.3) is 0 Å². The topological polar surface area (TPSA) is 82.7 Å². The van der Waals surface area contributed by atoms with Crippen molar-refractivity contribution in [1.29, 1.82) is 0 Å². The quantitative estimate of drug-likeness (QED) is 0.467. The SMILES string of the molecule is C=c1/c(=C\C/C=C\C)c(-c2ccc(F)cc2)c(/C=C/C(O)CC(O)CCC(=O)O)n1CC. The monoisotopic (exact) mass is 441 g/mol. The van der Waals surface area contributed by atoms with Crippen molar-refractivity contribution < 1.29 is 24.5 Å². The van der Waals surface area contributed by atoms with Gasteiger partial charge in [-0.25, -0.2) is 4.39 Å². The number of hydrogen-bond donors (Lipinski definition) is 3. The van der Waals surface area contributed by atoms with Gasteiger partial charge in [0.05, 0.1) is 12.2 Å². The van der Waals surface area contributed by atoms with E-state index < -0.39 is 18.2 Å². The van der Waals surface area contributed by atoms with Gasteiger partial charge in [-0.05, 0) is 50.5 Å². The maximum Gasteiger partial charge on any atom is 0.303 e. The fourth-order valence-corrected chi connectivity index (χ4v) is 3.67. The Bertz CT molecular complexity index is 1070. The van der Waals surface area contributed by atoms with E-state index in [2.05, 4.69) is 12.7 Å². The standard InChI is InChI=1S/C26H32FNO4/c1-4-6-7-8-23-18(3)28(5-2)24(26(23)19-9-11-20(27)12-10-19)15-13-21(29)17-22(30)14-16-25(31)32/h4,6,8-13,15,21-22,29-30H,3,5,7,14,16-17H2,1-2H3,(H,31,32)/b6-4-,15-13+,23-8+. The average Bonchev–Trinajstić information content (AvgIpc) is 3.02. The lowest BCUT2D eigenvalue weighted by Gasteiger charge is -2.12. The molecule has 2 atom stereocenters. The van der Waals surface area contributed by atoms with E-state index in [-0.39, 0.29) is 25.1 Å². The Hall–Kier alpha value is -2.96. The molecule has 0 bridgehead atoms. The van der Waals surface area contributed by atoms with Crippen molar-refractivity contribution >= 4 is 24.7 Å². The second-order valence-electron chi connectivity index (χ2n) is 7.63. The van der Waals surface area contributed by atoms with Crippen LogP contribution in [0.2, 0.25) is 0 Å². The maximum absolute atomic E-state index is 13.5. The Kier molecular flexibility index (Phi) is 9.62. The summed E-state index contributed by atoms with van der Waals surface area (Å²) in [7, 11) is 0. The van der Waals surface area contributed by atoms with Crippen LogP contribution in [0.15, 0.2) is 42.5 Å². The Morgan fingerprint density at radius 3 is 2.53 bits per heavy atom. The van der Waals surface area contributed by atoms with Crippen LogP contribution in [-0.4, -0.2) is 38.1 Å². The van der Waals surface area contributed by atoms with Crippen LogP contribution >= 0.6 is 0 Å². The smallest absolute Gasteiger partial charge is 0.303 e. The first-order chi connectivity index (χ1) is 15.3. The van der Waals surface area contributed by atoms with Crippen molar-refractivity contribution in [3.8, 4) is 11.1 Å². The maximum atomic E-state index is 13.5. The second-order valence-corrected chi connectivity index (χ2v) is 7.63. The number of nitrogens with zero attached hydrogens (tertiary/aromatic N) is 1. The average molecular weight is 442 g/mol. The normalized spacial score (nSPS) is 14.5. The van der Waals surface area contributed by atoms with Crippen molar-refractivity contribution in [1.82, 2.24) is 4.57 Å². The van der Waals surface area contributed by atoms with Crippen molar-refractivity contribution in [3.63, 3.8) is 0 Å². The van der Waals surface area contributed by atoms with E-state index >= 15 is 0 Å². The van der Waals surface area contributed by atoms with Crippen LogP contribution in [0.4, 0.5) is 4.39 Å². The summed E-state index contributed by atoms with van der Waals surface area (Å²) in [5.41, 5.74) is 2.57. The zero-order valence-corrected chi connectivity index (χ0v) is 18.7. The van der Waals surface area contributed by atoms with Gasteiger partial charge in [-0.15, -0.1) is 0 Å². The molecule has 2 unspecified atom stereocenters. The number of aliphatic hydroxyl groups excluding tert-OH is 2. The highest BCUT2D eigenvalue weighted by atomic mass is 19.1. The molecular formula is C26H32FNO4. The van der Waals surface area contributed by atoms with Gasteiger partial charge < -0.3 is 19.9 Å². The van der Waals surface area contributed by atoms with Gasteiger partial charge in [-0.1, -0.05) is 43.0 Å². The van der Waals surface area contributed by atoms with Crippen molar-refractivity contribution in [3.05, 3.63) is 64.6 Å². The number of benzene rings is 1. The molecule has 0 fully saturated rings. The minimum absolute atomic E-state index is 0.0417. The molecule has 172 valence electrons. The molecular weight excluding hydrogens is 409 g/mol. The number of halogens is 1. The van der Waals surface area contributed by atoms with E-state index in [0.717, 1.165) is 33.8 Å². The molecule has 0 saturated heterocycles. The molecule has 0 aliphatic carbocycles. The molecule has 0 aliphatic rings. The van der Waals surface area contributed by atoms with Crippen LogP contribution in [-0.2, 0) is 11.3 Å². The predicted molar refractivity (Wildman–Crippen MR) is 127 cm³/mol. The number of aliphatic hydroxyl groups is 2. The molecule has 32 heavy (non-hydrogen) atoms. The number of carboxylic acids is 1. The number of rotatable bonds is 11. The lowest BCUT2D eigenvalue weighted by molar-refractivity contribution is -0.137. The number of carbonyl (C=O) groups is 1. The highest BCUT2D eigenvalue weighted by molar-refractivity contribution is 5.76. The van der Waals surface area contributed by atoms with Crippen LogP contribution in [0.25, 0.3) is 29.9 Å². The summed E-state index contributed by atoms with van der Waals surface area (Å²) in [5.74, 6) is -1.30. The first kappa shape index (κ1) is 25.3. The summed E-state index contributed by atoms with van der Waals surface area (Å²) < 4.78 is 15.6. The highest BCUT2D eigenvalue weighted by Crippen LogP contribution is 2.22. The van der Waals surface area contributed by atoms with Gasteiger partial charge in [0.1, 0.15) is 5.82 Å². The number of aromatic nitrogens is 1. The Labute approximate surface area is 188 Å². The minimum Gasteiger partial charge on any atom is -0.481 e. The summed E-state index contributed by atoms with van der Waals surface area (Å²) in [6.07, 6.45) is 8.32. The predicted octanol–water partition coefficient (Wildman–Crippen LogP) is 3.46. The third-order valence-corrected chi connectivity index (χ3v) is 5.28. The first-order valence-electron chi connectivity index (χ1n) is 10.8. The summed E-state index contributed by atoms with van der Waals surface area (Å²) in [5, 5.41) is 30.9. The van der Waals surface area contributed by atoms with E-state index in [0.29, 0.717) is 6.54 Å². The minimum atomic E-state index is -0.983.